The minimum atomic E-state index is -0.406. The van der Waals surface area contributed by atoms with Crippen molar-refractivity contribution in [1.29, 1.82) is 5.26 Å². The van der Waals surface area contributed by atoms with Crippen LogP contribution < -0.4 is 0 Å². The topological polar surface area (TPSA) is 93.2 Å². The van der Waals surface area contributed by atoms with Crippen molar-refractivity contribution in [3.05, 3.63) is 46.8 Å². The molecule has 7 nitrogen and oxygen atoms in total. The summed E-state index contributed by atoms with van der Waals surface area (Å²) in [7, 11) is 0. The first-order valence-corrected chi connectivity index (χ1v) is 11.2. The van der Waals surface area contributed by atoms with Gasteiger partial charge in [0.25, 0.3) is 0 Å². The monoisotopic (exact) mass is 421 g/mol. The Hall–Kier alpha value is -2.92. The molecule has 2 aromatic rings. The number of carbonyl (C=O) groups is 1. The van der Waals surface area contributed by atoms with Crippen LogP contribution in [0.1, 0.15) is 61.9 Å². The average Bonchev–Trinajstić information content (AvgIpc) is 3.22. The Morgan fingerprint density at radius 3 is 2.73 bits per heavy atom. The SMILES string of the molecule is CCOC(=O)C(=Cc1ccc(C#N)cc1)C1=Nn2c(nnc2C2CCCCC2)SC1. The molecule has 8 heteroatoms. The maximum absolute atomic E-state index is 12.7. The maximum Gasteiger partial charge on any atom is 0.340 e. The van der Waals surface area contributed by atoms with E-state index in [2.05, 4.69) is 16.3 Å². The van der Waals surface area contributed by atoms with Crippen LogP contribution in [0.25, 0.3) is 6.08 Å². The molecule has 0 radical (unpaired) electrons. The van der Waals surface area contributed by atoms with Crippen LogP contribution >= 0.6 is 11.8 Å². The summed E-state index contributed by atoms with van der Waals surface area (Å²) in [5, 5.41) is 23.3. The molecular weight excluding hydrogens is 398 g/mol. The molecule has 30 heavy (non-hydrogen) atoms. The lowest BCUT2D eigenvalue weighted by molar-refractivity contribution is -0.137. The number of thioether (sulfide) groups is 1. The molecular formula is C22H23N5O2S. The highest BCUT2D eigenvalue weighted by atomic mass is 32.2. The third-order valence-corrected chi connectivity index (χ3v) is 6.25. The Kier molecular flexibility index (Phi) is 6.29. The third-order valence-electron chi connectivity index (χ3n) is 5.32. The first kappa shape index (κ1) is 20.4. The van der Waals surface area contributed by atoms with Gasteiger partial charge in [0.05, 0.1) is 29.5 Å². The van der Waals surface area contributed by atoms with E-state index in [1.807, 2.05) is 16.8 Å². The molecule has 1 aliphatic heterocycles. The largest absolute Gasteiger partial charge is 0.462 e. The fourth-order valence-electron chi connectivity index (χ4n) is 3.78. The summed E-state index contributed by atoms with van der Waals surface area (Å²) in [6.45, 7) is 2.07. The fourth-order valence-corrected chi connectivity index (χ4v) is 4.61. The standard InChI is InChI=1S/C22H23N5O2S/c1-2-29-21(28)18(12-15-8-10-16(13-23)11-9-15)19-14-30-22-25-24-20(27(22)26-19)17-6-4-3-5-7-17/h8-12,17H,2-7,14H2,1H3. The van der Waals surface area contributed by atoms with E-state index in [0.29, 0.717) is 28.5 Å². The number of hydrogen-bond acceptors (Lipinski definition) is 7. The lowest BCUT2D eigenvalue weighted by Gasteiger charge is -2.22. The number of ether oxygens (including phenoxy) is 1. The second-order valence-corrected chi connectivity index (χ2v) is 8.28. The number of rotatable bonds is 5. The molecule has 1 aliphatic carbocycles. The normalized spacial score (nSPS) is 17.1. The second kappa shape index (κ2) is 9.26. The summed E-state index contributed by atoms with van der Waals surface area (Å²) in [5.41, 5.74) is 2.45. The van der Waals surface area contributed by atoms with Gasteiger partial charge in [-0.05, 0) is 43.5 Å². The van der Waals surface area contributed by atoms with Gasteiger partial charge in [0.2, 0.25) is 5.16 Å². The summed E-state index contributed by atoms with van der Waals surface area (Å²) in [6, 6.07) is 9.18. The van der Waals surface area contributed by atoms with Crippen molar-refractivity contribution in [1.82, 2.24) is 14.9 Å². The van der Waals surface area contributed by atoms with Crippen LogP contribution in [0.2, 0.25) is 0 Å². The first-order chi connectivity index (χ1) is 14.7. The van der Waals surface area contributed by atoms with Crippen LogP contribution in [-0.4, -0.2) is 38.9 Å². The average molecular weight is 422 g/mol. The van der Waals surface area contributed by atoms with Crippen molar-refractivity contribution in [2.45, 2.75) is 50.1 Å². The summed E-state index contributed by atoms with van der Waals surface area (Å²) >= 11 is 1.53. The molecule has 4 rings (SSSR count). The van der Waals surface area contributed by atoms with Gasteiger partial charge in [-0.1, -0.05) is 43.2 Å². The Bertz CT molecular complexity index is 1030. The van der Waals surface area contributed by atoms with Crippen molar-refractivity contribution in [2.24, 2.45) is 5.10 Å². The first-order valence-electron chi connectivity index (χ1n) is 10.2. The second-order valence-electron chi connectivity index (χ2n) is 7.34. The molecule has 154 valence electrons. The summed E-state index contributed by atoms with van der Waals surface area (Å²) in [4.78, 5) is 12.7. The van der Waals surface area contributed by atoms with E-state index in [9.17, 15) is 4.79 Å². The number of fused-ring (bicyclic) bond motifs is 1. The molecule has 1 saturated carbocycles. The van der Waals surface area contributed by atoms with E-state index in [1.165, 1.54) is 31.0 Å². The van der Waals surface area contributed by atoms with Crippen LogP contribution in [0.3, 0.4) is 0 Å². The number of carbonyl (C=O) groups excluding carboxylic acids is 1. The van der Waals surface area contributed by atoms with Crippen LogP contribution in [0.4, 0.5) is 0 Å². The summed E-state index contributed by atoms with van der Waals surface area (Å²) in [6.07, 6.45) is 7.63. The van der Waals surface area contributed by atoms with Crippen molar-refractivity contribution in [3.8, 4) is 6.07 Å². The molecule has 2 aliphatic rings. The number of hydrogen-bond donors (Lipinski definition) is 0. The van der Waals surface area contributed by atoms with Gasteiger partial charge >= 0.3 is 5.97 Å². The number of benzene rings is 1. The van der Waals surface area contributed by atoms with Crippen LogP contribution in [0.15, 0.2) is 40.1 Å². The molecule has 0 spiro atoms. The van der Waals surface area contributed by atoms with Gasteiger partial charge in [-0.25, -0.2) is 4.79 Å². The van der Waals surface area contributed by atoms with Gasteiger partial charge < -0.3 is 4.74 Å². The van der Waals surface area contributed by atoms with Crippen molar-refractivity contribution in [2.75, 3.05) is 12.4 Å². The van der Waals surface area contributed by atoms with Gasteiger partial charge in [-0.15, -0.1) is 10.2 Å². The van der Waals surface area contributed by atoms with Crippen molar-refractivity contribution in [3.63, 3.8) is 0 Å². The molecule has 0 saturated heterocycles. The smallest absolute Gasteiger partial charge is 0.340 e. The molecule has 0 atom stereocenters. The highest BCUT2D eigenvalue weighted by Gasteiger charge is 2.28. The Balaban J connectivity index is 1.71. The van der Waals surface area contributed by atoms with E-state index < -0.39 is 5.97 Å². The van der Waals surface area contributed by atoms with Crippen LogP contribution in [0, 0.1) is 11.3 Å². The van der Waals surface area contributed by atoms with E-state index in [0.717, 1.165) is 29.4 Å². The van der Waals surface area contributed by atoms with Gasteiger partial charge in [-0.3, -0.25) is 0 Å². The van der Waals surface area contributed by atoms with Gasteiger partial charge in [0.1, 0.15) is 0 Å². The van der Waals surface area contributed by atoms with Crippen molar-refractivity contribution < 1.29 is 9.53 Å². The molecule has 0 amide bonds. The molecule has 1 fully saturated rings. The lowest BCUT2D eigenvalue weighted by Crippen LogP contribution is -2.22. The predicted octanol–water partition coefficient (Wildman–Crippen LogP) is 4.15. The minimum absolute atomic E-state index is 0.287. The zero-order chi connectivity index (χ0) is 20.9. The van der Waals surface area contributed by atoms with E-state index in [-0.39, 0.29) is 6.61 Å². The lowest BCUT2D eigenvalue weighted by atomic mass is 9.89. The molecule has 0 unspecified atom stereocenters. The summed E-state index contributed by atoms with van der Waals surface area (Å²) in [5.74, 6) is 1.36. The quantitative estimate of drug-likeness (QED) is 0.532. The maximum atomic E-state index is 12.7. The molecule has 0 N–H and O–H groups in total. The zero-order valence-electron chi connectivity index (χ0n) is 16.9. The molecule has 2 heterocycles. The molecule has 1 aromatic heterocycles. The number of nitrogens with zero attached hydrogens (tertiary/aromatic N) is 5. The van der Waals surface area contributed by atoms with Crippen LogP contribution in [-0.2, 0) is 9.53 Å². The zero-order valence-corrected chi connectivity index (χ0v) is 17.7. The molecule has 1 aromatic carbocycles. The summed E-state index contributed by atoms with van der Waals surface area (Å²) < 4.78 is 7.11. The number of aromatic nitrogens is 3. The van der Waals surface area contributed by atoms with Crippen LogP contribution in [0.5, 0.6) is 0 Å². The third kappa shape index (κ3) is 4.31. The predicted molar refractivity (Wildman–Crippen MR) is 115 cm³/mol. The minimum Gasteiger partial charge on any atom is -0.462 e. The van der Waals surface area contributed by atoms with E-state index in [4.69, 9.17) is 15.1 Å². The number of esters is 1. The Labute approximate surface area is 179 Å². The molecule has 0 bridgehead atoms. The van der Waals surface area contributed by atoms with Crippen molar-refractivity contribution >= 4 is 29.5 Å². The fraction of sp³-hybridized carbons (Fsp3) is 0.409. The van der Waals surface area contributed by atoms with E-state index >= 15 is 0 Å². The highest BCUT2D eigenvalue weighted by Crippen LogP contribution is 2.34. The van der Waals surface area contributed by atoms with Gasteiger partial charge in [0, 0.05) is 11.7 Å². The Morgan fingerprint density at radius 2 is 2.03 bits per heavy atom. The highest BCUT2D eigenvalue weighted by molar-refractivity contribution is 7.99. The van der Waals surface area contributed by atoms with Gasteiger partial charge in [0.15, 0.2) is 5.82 Å². The van der Waals surface area contributed by atoms with Gasteiger partial charge in [-0.2, -0.15) is 15.0 Å². The Morgan fingerprint density at radius 1 is 1.27 bits per heavy atom. The number of nitriles is 1. The van der Waals surface area contributed by atoms with E-state index in [1.54, 1.807) is 25.1 Å².